The van der Waals surface area contributed by atoms with E-state index in [-0.39, 0.29) is 17.9 Å². The largest absolute Gasteiger partial charge is 0.487 e. The molecule has 3 rings (SSSR count). The highest BCUT2D eigenvalue weighted by molar-refractivity contribution is 7.19. The molecule has 1 unspecified atom stereocenters. The standard InChI is InChI=1S/C25H25ClF3NO4S/c1-5-24(3,4)21(23(32)33)30-22(31)16-10-11-17-18(19(26)13(2)35-17)20(16)34-12-14-6-8-15(9-7-14)25(27,28)29/h6-11,21H,5,12H2,1-4H3,(H,30,31)(H,32,33). The van der Waals surface area contributed by atoms with Gasteiger partial charge in [0.25, 0.3) is 5.91 Å². The normalized spacial score (nSPS) is 13.0. The predicted octanol–water partition coefficient (Wildman–Crippen LogP) is 7.08. The van der Waals surface area contributed by atoms with Crippen LogP contribution in [0.15, 0.2) is 36.4 Å². The summed E-state index contributed by atoms with van der Waals surface area (Å²) in [7, 11) is 0. The van der Waals surface area contributed by atoms with Crippen LogP contribution in [0.5, 0.6) is 5.75 Å². The van der Waals surface area contributed by atoms with Crippen molar-refractivity contribution in [3.05, 3.63) is 63.0 Å². The van der Waals surface area contributed by atoms with Crippen molar-refractivity contribution in [2.75, 3.05) is 0 Å². The van der Waals surface area contributed by atoms with Crippen LogP contribution in [0.1, 0.15) is 53.6 Å². The average Bonchev–Trinajstić information content (AvgIpc) is 3.08. The summed E-state index contributed by atoms with van der Waals surface area (Å²) in [6.45, 7) is 7.02. The summed E-state index contributed by atoms with van der Waals surface area (Å²) in [4.78, 5) is 25.9. The number of benzene rings is 2. The molecule has 0 aliphatic carbocycles. The van der Waals surface area contributed by atoms with Crippen molar-refractivity contribution < 1.29 is 32.6 Å². The summed E-state index contributed by atoms with van der Waals surface area (Å²) in [5.74, 6) is -1.67. The average molecular weight is 528 g/mol. The number of halogens is 4. The van der Waals surface area contributed by atoms with E-state index in [0.29, 0.717) is 22.4 Å². The number of amides is 1. The molecule has 1 amide bonds. The van der Waals surface area contributed by atoms with E-state index in [1.807, 2.05) is 13.8 Å². The number of fused-ring (bicyclic) bond motifs is 1. The molecule has 5 nitrogen and oxygen atoms in total. The molecule has 10 heteroatoms. The first-order chi connectivity index (χ1) is 16.3. The molecule has 0 saturated carbocycles. The monoisotopic (exact) mass is 527 g/mol. The van der Waals surface area contributed by atoms with E-state index >= 15 is 0 Å². The first-order valence-electron chi connectivity index (χ1n) is 10.8. The van der Waals surface area contributed by atoms with Gasteiger partial charge in [-0.2, -0.15) is 13.2 Å². The maximum Gasteiger partial charge on any atom is 0.416 e. The lowest BCUT2D eigenvalue weighted by molar-refractivity contribution is -0.142. The van der Waals surface area contributed by atoms with Gasteiger partial charge in [0.05, 0.1) is 21.5 Å². The molecule has 0 aliphatic rings. The Kier molecular flexibility index (Phi) is 7.71. The number of carboxylic acid groups (broad SMARTS) is 1. The zero-order valence-electron chi connectivity index (χ0n) is 19.5. The lowest BCUT2D eigenvalue weighted by Crippen LogP contribution is -2.50. The highest BCUT2D eigenvalue weighted by atomic mass is 35.5. The van der Waals surface area contributed by atoms with Gasteiger partial charge in [-0.25, -0.2) is 4.79 Å². The molecular formula is C25H25ClF3NO4S. The van der Waals surface area contributed by atoms with Gasteiger partial charge in [0.2, 0.25) is 0 Å². The lowest BCUT2D eigenvalue weighted by Gasteiger charge is -2.31. The number of nitrogens with one attached hydrogen (secondary N) is 1. The van der Waals surface area contributed by atoms with E-state index in [9.17, 15) is 27.9 Å². The van der Waals surface area contributed by atoms with Crippen molar-refractivity contribution in [1.82, 2.24) is 5.32 Å². The highest BCUT2D eigenvalue weighted by Gasteiger charge is 2.36. The Balaban J connectivity index is 1.99. The molecule has 2 N–H and O–H groups in total. The second-order valence-corrected chi connectivity index (χ2v) is 10.5. The van der Waals surface area contributed by atoms with Crippen LogP contribution in [0.3, 0.4) is 0 Å². The minimum absolute atomic E-state index is 0.0854. The van der Waals surface area contributed by atoms with Crippen molar-refractivity contribution in [2.45, 2.75) is 52.9 Å². The third-order valence-corrected chi connectivity index (χ3v) is 7.69. The number of hydrogen-bond donors (Lipinski definition) is 2. The Morgan fingerprint density at radius 1 is 1.14 bits per heavy atom. The number of thiophene rings is 1. The van der Waals surface area contributed by atoms with Crippen LogP contribution in [0.2, 0.25) is 5.02 Å². The van der Waals surface area contributed by atoms with Gasteiger partial charge >= 0.3 is 12.1 Å². The van der Waals surface area contributed by atoms with Crippen LogP contribution in [0.25, 0.3) is 10.1 Å². The molecule has 1 atom stereocenters. The van der Waals surface area contributed by atoms with E-state index in [1.165, 1.54) is 29.5 Å². The zero-order valence-corrected chi connectivity index (χ0v) is 21.1. The van der Waals surface area contributed by atoms with Gasteiger partial charge in [-0.3, -0.25) is 4.79 Å². The second-order valence-electron chi connectivity index (χ2n) is 8.86. The number of aliphatic carboxylic acids is 1. The first kappa shape index (κ1) is 26.8. The fourth-order valence-corrected chi connectivity index (χ4v) is 4.84. The van der Waals surface area contributed by atoms with Crippen molar-refractivity contribution in [3.8, 4) is 5.75 Å². The molecule has 3 aromatic rings. The topological polar surface area (TPSA) is 75.6 Å². The molecule has 0 fully saturated rings. The molecule has 0 saturated heterocycles. The summed E-state index contributed by atoms with van der Waals surface area (Å²) in [5, 5.41) is 13.2. The van der Waals surface area contributed by atoms with Crippen LogP contribution in [-0.2, 0) is 17.6 Å². The number of alkyl halides is 3. The third-order valence-electron chi connectivity index (χ3n) is 6.04. The molecule has 1 aromatic heterocycles. The summed E-state index contributed by atoms with van der Waals surface area (Å²) >= 11 is 7.91. The van der Waals surface area contributed by atoms with E-state index < -0.39 is 35.1 Å². The lowest BCUT2D eigenvalue weighted by atomic mass is 9.81. The second kappa shape index (κ2) is 10.1. The fourth-order valence-electron chi connectivity index (χ4n) is 3.52. The Hall–Kier alpha value is -2.78. The summed E-state index contributed by atoms with van der Waals surface area (Å²) < 4.78 is 45.3. The zero-order chi connectivity index (χ0) is 26.1. The summed E-state index contributed by atoms with van der Waals surface area (Å²) in [6.07, 6.45) is -3.94. The number of carboxylic acids is 1. The Bertz CT molecular complexity index is 1250. The Labute approximate surface area is 209 Å². The molecule has 0 spiro atoms. The van der Waals surface area contributed by atoms with E-state index in [4.69, 9.17) is 16.3 Å². The van der Waals surface area contributed by atoms with Crippen LogP contribution >= 0.6 is 22.9 Å². The van der Waals surface area contributed by atoms with Crippen LogP contribution in [-0.4, -0.2) is 23.0 Å². The highest BCUT2D eigenvalue weighted by Crippen LogP contribution is 2.43. The molecule has 1 heterocycles. The molecule has 0 aliphatic heterocycles. The molecule has 35 heavy (non-hydrogen) atoms. The van der Waals surface area contributed by atoms with E-state index in [0.717, 1.165) is 21.7 Å². The summed E-state index contributed by atoms with van der Waals surface area (Å²) in [6, 6.07) is 6.60. The first-order valence-corrected chi connectivity index (χ1v) is 12.0. The van der Waals surface area contributed by atoms with Gasteiger partial charge < -0.3 is 15.2 Å². The van der Waals surface area contributed by atoms with Gasteiger partial charge in [-0.1, -0.05) is 44.5 Å². The third kappa shape index (κ3) is 5.73. The fraction of sp³-hybridized carbons (Fsp3) is 0.360. The molecule has 188 valence electrons. The molecule has 2 aromatic carbocycles. The van der Waals surface area contributed by atoms with E-state index in [1.54, 1.807) is 19.9 Å². The van der Waals surface area contributed by atoms with Crippen molar-refractivity contribution in [2.24, 2.45) is 5.41 Å². The summed E-state index contributed by atoms with van der Waals surface area (Å²) in [5.41, 5.74) is -0.955. The molecule has 0 bridgehead atoms. The number of rotatable bonds is 8. The minimum Gasteiger partial charge on any atom is -0.487 e. The number of hydrogen-bond acceptors (Lipinski definition) is 4. The van der Waals surface area contributed by atoms with Crippen LogP contribution in [0.4, 0.5) is 13.2 Å². The van der Waals surface area contributed by atoms with Crippen molar-refractivity contribution in [3.63, 3.8) is 0 Å². The quantitative estimate of drug-likeness (QED) is 0.328. The minimum atomic E-state index is -4.45. The van der Waals surface area contributed by atoms with Crippen LogP contribution in [0, 0.1) is 12.3 Å². The van der Waals surface area contributed by atoms with Gasteiger partial charge in [0, 0.05) is 9.58 Å². The molecular weight excluding hydrogens is 503 g/mol. The number of carbonyl (C=O) groups is 2. The number of carbonyl (C=O) groups excluding carboxylic acids is 1. The maximum atomic E-state index is 13.3. The number of aryl methyl sites for hydroxylation is 1. The van der Waals surface area contributed by atoms with Gasteiger partial charge in [0.1, 0.15) is 18.4 Å². The van der Waals surface area contributed by atoms with Gasteiger partial charge in [0.15, 0.2) is 0 Å². The number of ether oxygens (including phenoxy) is 1. The van der Waals surface area contributed by atoms with Gasteiger partial charge in [-0.05, 0) is 48.6 Å². The maximum absolute atomic E-state index is 13.3. The predicted molar refractivity (Wildman–Crippen MR) is 130 cm³/mol. The van der Waals surface area contributed by atoms with Crippen molar-refractivity contribution >= 4 is 44.9 Å². The van der Waals surface area contributed by atoms with E-state index in [2.05, 4.69) is 5.32 Å². The van der Waals surface area contributed by atoms with Crippen molar-refractivity contribution in [1.29, 1.82) is 0 Å². The smallest absolute Gasteiger partial charge is 0.416 e. The Morgan fingerprint density at radius 3 is 2.31 bits per heavy atom. The van der Waals surface area contributed by atoms with Gasteiger partial charge in [-0.15, -0.1) is 11.3 Å². The molecule has 0 radical (unpaired) electrons. The SMILES string of the molecule is CCC(C)(C)C(NC(=O)c1ccc2sc(C)c(Cl)c2c1OCc1ccc(C(F)(F)F)cc1)C(=O)O. The Morgan fingerprint density at radius 2 is 1.77 bits per heavy atom. The van der Waals surface area contributed by atoms with Crippen LogP contribution < -0.4 is 10.1 Å².